The molecule has 0 aromatic heterocycles. The van der Waals surface area contributed by atoms with Gasteiger partial charge in [0.25, 0.3) is 0 Å². The lowest BCUT2D eigenvalue weighted by atomic mass is 10.1. The average Bonchev–Trinajstić information content (AvgIpc) is 2.15. The fraction of sp³-hybridized carbons (Fsp3) is 0.200. The molecule has 0 fully saturated rings. The van der Waals surface area contributed by atoms with Crippen LogP contribution >= 0.6 is 11.8 Å². The fourth-order valence-corrected chi connectivity index (χ4v) is 1.93. The lowest BCUT2D eigenvalue weighted by molar-refractivity contribution is -0.115. The zero-order valence-electron chi connectivity index (χ0n) is 7.78. The predicted octanol–water partition coefficient (Wildman–Crippen LogP) is 1.44. The molecule has 0 aliphatic heterocycles. The Morgan fingerprint density at radius 1 is 1.64 bits per heavy atom. The van der Waals surface area contributed by atoms with Gasteiger partial charge in [0.1, 0.15) is 6.07 Å². The zero-order chi connectivity index (χ0) is 10.6. The van der Waals surface area contributed by atoms with E-state index in [9.17, 15) is 4.79 Å². The number of rotatable bonds is 3. The number of benzene rings is 1. The summed E-state index contributed by atoms with van der Waals surface area (Å²) >= 11 is 1.31. The number of hydrogen-bond acceptors (Lipinski definition) is 3. The van der Waals surface area contributed by atoms with Gasteiger partial charge in [0.2, 0.25) is 5.91 Å². The molecule has 0 bridgehead atoms. The summed E-state index contributed by atoms with van der Waals surface area (Å²) in [6.45, 7) is 1.91. The van der Waals surface area contributed by atoms with Crippen molar-refractivity contribution in [3.8, 4) is 6.07 Å². The van der Waals surface area contributed by atoms with E-state index in [-0.39, 0.29) is 11.7 Å². The molecule has 0 unspecified atom stereocenters. The highest BCUT2D eigenvalue weighted by Gasteiger charge is 2.06. The van der Waals surface area contributed by atoms with E-state index in [2.05, 4.69) is 6.07 Å². The monoisotopic (exact) mass is 206 g/mol. The number of nitrogens with zero attached hydrogens (tertiary/aromatic N) is 1. The first-order valence-electron chi connectivity index (χ1n) is 4.06. The van der Waals surface area contributed by atoms with E-state index in [1.54, 1.807) is 6.07 Å². The molecule has 0 heterocycles. The summed E-state index contributed by atoms with van der Waals surface area (Å²) in [7, 11) is 0. The molecule has 1 amide bonds. The Morgan fingerprint density at radius 3 is 2.93 bits per heavy atom. The van der Waals surface area contributed by atoms with Crippen LogP contribution in [0.4, 0.5) is 0 Å². The third kappa shape index (κ3) is 2.51. The van der Waals surface area contributed by atoms with Gasteiger partial charge in [0.05, 0.1) is 11.3 Å². The van der Waals surface area contributed by atoms with Crippen molar-refractivity contribution in [2.24, 2.45) is 5.73 Å². The smallest absolute Gasteiger partial charge is 0.227 e. The second kappa shape index (κ2) is 4.68. The number of primary amides is 1. The lowest BCUT2D eigenvalue weighted by Gasteiger charge is -2.05. The van der Waals surface area contributed by atoms with Gasteiger partial charge < -0.3 is 5.73 Å². The molecule has 72 valence electrons. The van der Waals surface area contributed by atoms with Gasteiger partial charge in [-0.3, -0.25) is 4.79 Å². The van der Waals surface area contributed by atoms with Crippen molar-refractivity contribution in [1.29, 1.82) is 5.26 Å². The van der Waals surface area contributed by atoms with Gasteiger partial charge in [-0.2, -0.15) is 5.26 Å². The quantitative estimate of drug-likeness (QED) is 0.761. The van der Waals surface area contributed by atoms with E-state index in [0.717, 1.165) is 10.5 Å². The van der Waals surface area contributed by atoms with Crippen LogP contribution in [-0.4, -0.2) is 11.7 Å². The molecule has 0 spiro atoms. The first-order chi connectivity index (χ1) is 6.65. The largest absolute Gasteiger partial charge is 0.369 e. The van der Waals surface area contributed by atoms with Crippen LogP contribution in [-0.2, 0) is 4.79 Å². The first kappa shape index (κ1) is 10.6. The molecule has 0 radical (unpaired) electrons. The van der Waals surface area contributed by atoms with Crippen molar-refractivity contribution >= 4 is 17.7 Å². The number of thioether (sulfide) groups is 1. The second-order valence-electron chi connectivity index (χ2n) is 2.82. The molecule has 2 N–H and O–H groups in total. The summed E-state index contributed by atoms with van der Waals surface area (Å²) < 4.78 is 0. The van der Waals surface area contributed by atoms with Gasteiger partial charge in [-0.05, 0) is 18.6 Å². The summed E-state index contributed by atoms with van der Waals surface area (Å²) in [5.41, 5.74) is 6.63. The van der Waals surface area contributed by atoms with E-state index >= 15 is 0 Å². The number of hydrogen-bond donors (Lipinski definition) is 1. The highest BCUT2D eigenvalue weighted by molar-refractivity contribution is 8.00. The first-order valence-corrected chi connectivity index (χ1v) is 5.04. The van der Waals surface area contributed by atoms with Gasteiger partial charge in [0.15, 0.2) is 0 Å². The number of carbonyl (C=O) groups is 1. The predicted molar refractivity (Wildman–Crippen MR) is 55.8 cm³/mol. The maximum atomic E-state index is 10.6. The number of nitriles is 1. The molecule has 4 heteroatoms. The zero-order valence-corrected chi connectivity index (χ0v) is 8.60. The van der Waals surface area contributed by atoms with Crippen LogP contribution in [0.2, 0.25) is 0 Å². The molecule has 1 aromatic rings. The van der Waals surface area contributed by atoms with Crippen molar-refractivity contribution in [3.05, 3.63) is 29.3 Å². The molecular weight excluding hydrogens is 196 g/mol. The molecule has 1 aromatic carbocycles. The van der Waals surface area contributed by atoms with E-state index in [1.165, 1.54) is 11.8 Å². The van der Waals surface area contributed by atoms with Crippen molar-refractivity contribution < 1.29 is 4.79 Å². The molecule has 0 atom stereocenters. The van der Waals surface area contributed by atoms with Crippen molar-refractivity contribution in [1.82, 2.24) is 0 Å². The van der Waals surface area contributed by atoms with Crippen LogP contribution < -0.4 is 5.73 Å². The molecular formula is C10H10N2OS. The number of nitrogens with two attached hydrogens (primary N) is 1. The van der Waals surface area contributed by atoms with Crippen molar-refractivity contribution in [2.45, 2.75) is 11.8 Å². The van der Waals surface area contributed by atoms with Crippen LogP contribution in [0.25, 0.3) is 0 Å². The Bertz CT molecular complexity index is 396. The number of amides is 1. The van der Waals surface area contributed by atoms with Gasteiger partial charge >= 0.3 is 0 Å². The fourth-order valence-electron chi connectivity index (χ4n) is 1.08. The number of carbonyl (C=O) groups excluding carboxylic acids is 1. The third-order valence-electron chi connectivity index (χ3n) is 1.69. The minimum absolute atomic E-state index is 0.208. The molecule has 3 nitrogen and oxygen atoms in total. The van der Waals surface area contributed by atoms with E-state index < -0.39 is 0 Å². The van der Waals surface area contributed by atoms with Gasteiger partial charge in [-0.15, -0.1) is 11.8 Å². The van der Waals surface area contributed by atoms with Crippen LogP contribution in [0.3, 0.4) is 0 Å². The number of aryl methyl sites for hydroxylation is 1. The maximum absolute atomic E-state index is 10.6. The molecule has 0 aliphatic rings. The summed E-state index contributed by atoms with van der Waals surface area (Å²) in [5.74, 6) is -0.165. The minimum atomic E-state index is -0.373. The SMILES string of the molecule is Cc1cccc(C#N)c1SCC(N)=O. The Balaban J connectivity index is 2.94. The topological polar surface area (TPSA) is 66.9 Å². The average molecular weight is 206 g/mol. The Labute approximate surface area is 86.9 Å². The highest BCUT2D eigenvalue weighted by Crippen LogP contribution is 2.25. The summed E-state index contributed by atoms with van der Waals surface area (Å²) in [6.07, 6.45) is 0. The van der Waals surface area contributed by atoms with Crippen LogP contribution in [0.1, 0.15) is 11.1 Å². The Hall–Kier alpha value is -1.47. The maximum Gasteiger partial charge on any atom is 0.227 e. The molecule has 1 rings (SSSR count). The van der Waals surface area contributed by atoms with Gasteiger partial charge in [-0.25, -0.2) is 0 Å². The minimum Gasteiger partial charge on any atom is -0.369 e. The van der Waals surface area contributed by atoms with Crippen molar-refractivity contribution in [3.63, 3.8) is 0 Å². The normalized spacial score (nSPS) is 9.43. The van der Waals surface area contributed by atoms with Crippen LogP contribution in [0.5, 0.6) is 0 Å². The van der Waals surface area contributed by atoms with E-state index in [1.807, 2.05) is 19.1 Å². The second-order valence-corrected chi connectivity index (χ2v) is 3.80. The summed E-state index contributed by atoms with van der Waals surface area (Å²) in [4.78, 5) is 11.4. The standard InChI is InChI=1S/C10H10N2OS/c1-7-3-2-4-8(5-11)10(7)14-6-9(12)13/h2-4H,6H2,1H3,(H2,12,13). The molecule has 0 aliphatic carbocycles. The van der Waals surface area contributed by atoms with E-state index in [0.29, 0.717) is 5.56 Å². The molecule has 14 heavy (non-hydrogen) atoms. The van der Waals surface area contributed by atoms with Crippen molar-refractivity contribution in [2.75, 3.05) is 5.75 Å². The highest BCUT2D eigenvalue weighted by atomic mass is 32.2. The third-order valence-corrected chi connectivity index (χ3v) is 2.95. The lowest BCUT2D eigenvalue weighted by Crippen LogP contribution is -2.13. The van der Waals surface area contributed by atoms with Crippen LogP contribution in [0, 0.1) is 18.3 Å². The van der Waals surface area contributed by atoms with Gasteiger partial charge in [-0.1, -0.05) is 12.1 Å². The summed E-state index contributed by atoms with van der Waals surface area (Å²) in [6, 6.07) is 7.55. The molecule has 0 saturated carbocycles. The molecule has 0 saturated heterocycles. The van der Waals surface area contributed by atoms with Gasteiger partial charge in [0, 0.05) is 4.90 Å². The Kier molecular flexibility index (Phi) is 3.55. The van der Waals surface area contributed by atoms with E-state index in [4.69, 9.17) is 11.0 Å². The van der Waals surface area contributed by atoms with Crippen LogP contribution in [0.15, 0.2) is 23.1 Å². The summed E-state index contributed by atoms with van der Waals surface area (Å²) in [5, 5.41) is 8.83. The Morgan fingerprint density at radius 2 is 2.36 bits per heavy atom.